The average molecular weight is 378 g/mol. The standard InChI is InChI=1S/C22H26N4O2/c1-13-8-10-16(11-9-13)26-21-19(15(3)25-26)20(27)17(12-23-21)22(28)24-18-7-5-4-6-14(18)2/h4-11,15,17,19,21,23,25H,12H2,1-3H3,(H,24,28). The summed E-state index contributed by atoms with van der Waals surface area (Å²) in [6, 6.07) is 15.7. The average Bonchev–Trinajstić information content (AvgIpc) is 3.02. The zero-order chi connectivity index (χ0) is 19.8. The first-order valence-electron chi connectivity index (χ1n) is 9.71. The molecule has 2 aromatic carbocycles. The summed E-state index contributed by atoms with van der Waals surface area (Å²) in [6.07, 6.45) is -0.160. The lowest BCUT2D eigenvalue weighted by molar-refractivity contribution is -0.136. The third-order valence-corrected chi connectivity index (χ3v) is 5.73. The number of anilines is 2. The third kappa shape index (κ3) is 3.30. The topological polar surface area (TPSA) is 73.5 Å². The number of hydrogen-bond acceptors (Lipinski definition) is 5. The number of benzene rings is 2. The van der Waals surface area contributed by atoms with E-state index in [1.54, 1.807) is 0 Å². The molecule has 2 aromatic rings. The second-order valence-electron chi connectivity index (χ2n) is 7.76. The highest BCUT2D eigenvalue weighted by atomic mass is 16.2. The molecule has 2 aliphatic heterocycles. The van der Waals surface area contributed by atoms with Gasteiger partial charge in [0, 0.05) is 18.3 Å². The summed E-state index contributed by atoms with van der Waals surface area (Å²) < 4.78 is 0. The number of carbonyl (C=O) groups excluding carboxylic acids is 2. The molecule has 0 aliphatic carbocycles. The Hall–Kier alpha value is -2.70. The summed E-state index contributed by atoms with van der Waals surface area (Å²) >= 11 is 0. The number of nitrogens with zero attached hydrogens (tertiary/aromatic N) is 1. The van der Waals surface area contributed by atoms with Crippen LogP contribution in [0.4, 0.5) is 11.4 Å². The Morgan fingerprint density at radius 3 is 2.54 bits per heavy atom. The fraction of sp³-hybridized carbons (Fsp3) is 0.364. The molecule has 0 bridgehead atoms. The summed E-state index contributed by atoms with van der Waals surface area (Å²) in [5, 5.41) is 8.35. The van der Waals surface area contributed by atoms with Gasteiger partial charge < -0.3 is 5.32 Å². The fourth-order valence-corrected chi connectivity index (χ4v) is 4.10. The predicted molar refractivity (Wildman–Crippen MR) is 110 cm³/mol. The number of hydrazine groups is 1. The SMILES string of the molecule is Cc1ccc(N2NC(C)C3C(=O)C(C(=O)Nc4ccccc4C)CNC32)cc1. The summed E-state index contributed by atoms with van der Waals surface area (Å²) in [4.78, 5) is 26.0. The maximum atomic E-state index is 13.2. The van der Waals surface area contributed by atoms with Gasteiger partial charge >= 0.3 is 0 Å². The molecule has 4 rings (SSSR count). The first-order valence-corrected chi connectivity index (χ1v) is 9.71. The number of Topliss-reactive ketones (excluding diaryl/α,β-unsaturated/α-hetero) is 1. The van der Waals surface area contributed by atoms with Gasteiger partial charge in [0.2, 0.25) is 5.91 Å². The van der Waals surface area contributed by atoms with Crippen LogP contribution >= 0.6 is 0 Å². The Labute approximate surface area is 165 Å². The number of fused-ring (bicyclic) bond motifs is 1. The molecule has 2 heterocycles. The van der Waals surface area contributed by atoms with Gasteiger partial charge in [0.05, 0.1) is 11.6 Å². The third-order valence-electron chi connectivity index (χ3n) is 5.73. The molecule has 0 aromatic heterocycles. The number of piperidine rings is 1. The monoisotopic (exact) mass is 378 g/mol. The maximum Gasteiger partial charge on any atom is 0.236 e. The van der Waals surface area contributed by atoms with Crippen molar-refractivity contribution in [2.24, 2.45) is 11.8 Å². The van der Waals surface area contributed by atoms with Gasteiger partial charge in [-0.15, -0.1) is 0 Å². The fourth-order valence-electron chi connectivity index (χ4n) is 4.10. The lowest BCUT2D eigenvalue weighted by Crippen LogP contribution is -2.58. The van der Waals surface area contributed by atoms with E-state index in [0.29, 0.717) is 6.54 Å². The molecule has 1 amide bonds. The van der Waals surface area contributed by atoms with Gasteiger partial charge in [0.25, 0.3) is 0 Å². The minimum atomic E-state index is -0.692. The Kier molecular flexibility index (Phi) is 4.91. The number of nitrogens with one attached hydrogen (secondary N) is 3. The van der Waals surface area contributed by atoms with Crippen LogP contribution < -0.4 is 21.1 Å². The van der Waals surface area contributed by atoms with Gasteiger partial charge in [-0.05, 0) is 44.5 Å². The van der Waals surface area contributed by atoms with Crippen LogP contribution in [0.2, 0.25) is 0 Å². The molecule has 6 heteroatoms. The maximum absolute atomic E-state index is 13.2. The molecule has 0 radical (unpaired) electrons. The minimum Gasteiger partial charge on any atom is -0.325 e. The lowest BCUT2D eigenvalue weighted by atomic mass is 9.83. The van der Waals surface area contributed by atoms with E-state index in [1.165, 1.54) is 5.56 Å². The van der Waals surface area contributed by atoms with Gasteiger partial charge in [-0.1, -0.05) is 35.9 Å². The van der Waals surface area contributed by atoms with E-state index in [0.717, 1.165) is 16.9 Å². The number of ketones is 1. The highest BCUT2D eigenvalue weighted by Gasteiger charge is 2.50. The molecule has 0 spiro atoms. The van der Waals surface area contributed by atoms with Crippen molar-refractivity contribution in [1.82, 2.24) is 10.7 Å². The highest BCUT2D eigenvalue weighted by molar-refractivity contribution is 6.09. The summed E-state index contributed by atoms with van der Waals surface area (Å²) in [6.45, 7) is 6.31. The number of aryl methyl sites for hydroxylation is 2. The Balaban J connectivity index is 1.51. The summed E-state index contributed by atoms with van der Waals surface area (Å²) in [5.74, 6) is -1.23. The smallest absolute Gasteiger partial charge is 0.236 e. The minimum absolute atomic E-state index is 0.00977. The number of amides is 1. The van der Waals surface area contributed by atoms with Gasteiger partial charge in [0.15, 0.2) is 5.78 Å². The number of hydrogen-bond donors (Lipinski definition) is 3. The molecule has 2 fully saturated rings. The molecule has 2 aliphatic rings. The zero-order valence-corrected chi connectivity index (χ0v) is 16.4. The molecular formula is C22H26N4O2. The summed E-state index contributed by atoms with van der Waals surface area (Å²) in [7, 11) is 0. The first-order chi connectivity index (χ1) is 13.5. The normalized spacial score (nSPS) is 26.8. The molecular weight excluding hydrogens is 352 g/mol. The number of rotatable bonds is 3. The van der Waals surface area contributed by atoms with Crippen molar-refractivity contribution in [3.05, 3.63) is 59.7 Å². The largest absolute Gasteiger partial charge is 0.325 e. The molecule has 0 saturated carbocycles. The number of para-hydroxylation sites is 1. The first kappa shape index (κ1) is 18.7. The zero-order valence-electron chi connectivity index (χ0n) is 16.4. The van der Waals surface area contributed by atoms with Crippen LogP contribution in [0.3, 0.4) is 0 Å². The molecule has 3 N–H and O–H groups in total. The van der Waals surface area contributed by atoms with Gasteiger partial charge in [-0.25, -0.2) is 5.43 Å². The van der Waals surface area contributed by atoms with E-state index >= 15 is 0 Å². The van der Waals surface area contributed by atoms with Gasteiger partial charge in [0.1, 0.15) is 12.1 Å². The molecule has 146 valence electrons. The van der Waals surface area contributed by atoms with E-state index in [1.807, 2.05) is 62.2 Å². The Morgan fingerprint density at radius 1 is 1.11 bits per heavy atom. The van der Waals surface area contributed by atoms with Crippen molar-refractivity contribution >= 4 is 23.1 Å². The highest BCUT2D eigenvalue weighted by Crippen LogP contribution is 2.32. The van der Waals surface area contributed by atoms with Crippen LogP contribution in [0.25, 0.3) is 0 Å². The van der Waals surface area contributed by atoms with Crippen molar-refractivity contribution in [3.8, 4) is 0 Å². The molecule has 28 heavy (non-hydrogen) atoms. The van der Waals surface area contributed by atoms with Crippen LogP contribution in [0.5, 0.6) is 0 Å². The quantitative estimate of drug-likeness (QED) is 0.715. The van der Waals surface area contributed by atoms with Crippen LogP contribution in [0.1, 0.15) is 18.1 Å². The van der Waals surface area contributed by atoms with E-state index in [9.17, 15) is 9.59 Å². The molecule has 2 saturated heterocycles. The van der Waals surface area contributed by atoms with E-state index in [4.69, 9.17) is 0 Å². The van der Waals surface area contributed by atoms with Crippen molar-refractivity contribution in [1.29, 1.82) is 0 Å². The van der Waals surface area contributed by atoms with E-state index in [2.05, 4.69) is 28.2 Å². The Bertz CT molecular complexity index is 896. The van der Waals surface area contributed by atoms with Crippen LogP contribution in [0.15, 0.2) is 48.5 Å². The van der Waals surface area contributed by atoms with Crippen molar-refractivity contribution < 1.29 is 9.59 Å². The van der Waals surface area contributed by atoms with Crippen molar-refractivity contribution in [2.45, 2.75) is 33.0 Å². The second kappa shape index (κ2) is 7.37. The Morgan fingerprint density at radius 2 is 1.82 bits per heavy atom. The van der Waals surface area contributed by atoms with Gasteiger partial charge in [-0.3, -0.25) is 19.9 Å². The lowest BCUT2D eigenvalue weighted by Gasteiger charge is -2.35. The van der Waals surface area contributed by atoms with Crippen LogP contribution in [-0.2, 0) is 9.59 Å². The predicted octanol–water partition coefficient (Wildman–Crippen LogP) is 2.39. The van der Waals surface area contributed by atoms with Crippen LogP contribution in [0, 0.1) is 25.7 Å². The van der Waals surface area contributed by atoms with Crippen molar-refractivity contribution in [3.63, 3.8) is 0 Å². The van der Waals surface area contributed by atoms with Gasteiger partial charge in [-0.2, -0.15) is 0 Å². The molecule has 4 unspecified atom stereocenters. The summed E-state index contributed by atoms with van der Waals surface area (Å²) in [5.41, 5.74) is 7.32. The van der Waals surface area contributed by atoms with E-state index in [-0.39, 0.29) is 29.8 Å². The van der Waals surface area contributed by atoms with Crippen molar-refractivity contribution in [2.75, 3.05) is 16.9 Å². The molecule has 6 nitrogen and oxygen atoms in total. The molecule has 4 atom stereocenters. The number of carbonyl (C=O) groups is 2. The van der Waals surface area contributed by atoms with E-state index < -0.39 is 5.92 Å². The second-order valence-corrected chi connectivity index (χ2v) is 7.76. The van der Waals surface area contributed by atoms with Crippen LogP contribution in [-0.4, -0.2) is 30.4 Å².